The van der Waals surface area contributed by atoms with Crippen LogP contribution < -0.4 is 14.8 Å². The largest absolute Gasteiger partial charge is 0.454 e. The lowest BCUT2D eigenvalue weighted by Crippen LogP contribution is -2.35. The number of rotatable bonds is 7. The van der Waals surface area contributed by atoms with Gasteiger partial charge in [-0.2, -0.15) is 0 Å². The summed E-state index contributed by atoms with van der Waals surface area (Å²) in [4.78, 5) is 27.1. The number of amides is 2. The molecule has 1 aliphatic rings. The van der Waals surface area contributed by atoms with Crippen molar-refractivity contribution < 1.29 is 19.1 Å². The predicted molar refractivity (Wildman–Crippen MR) is 99.1 cm³/mol. The lowest BCUT2D eigenvalue weighted by atomic mass is 10.1. The predicted octanol–water partition coefficient (Wildman–Crippen LogP) is 3.09. The van der Waals surface area contributed by atoms with E-state index in [0.29, 0.717) is 18.8 Å². The van der Waals surface area contributed by atoms with E-state index >= 15 is 0 Å². The molecule has 1 aliphatic heterocycles. The van der Waals surface area contributed by atoms with Gasteiger partial charge in [0.2, 0.25) is 18.6 Å². The third-order valence-electron chi connectivity index (χ3n) is 4.19. The van der Waals surface area contributed by atoms with E-state index in [4.69, 9.17) is 9.47 Å². The van der Waals surface area contributed by atoms with Crippen LogP contribution in [-0.4, -0.2) is 30.1 Å². The van der Waals surface area contributed by atoms with E-state index in [2.05, 4.69) is 5.32 Å². The summed E-state index contributed by atoms with van der Waals surface area (Å²) >= 11 is 1.54. The Morgan fingerprint density at radius 2 is 2.08 bits per heavy atom. The van der Waals surface area contributed by atoms with Crippen LogP contribution in [-0.2, 0) is 16.1 Å². The maximum Gasteiger partial charge on any atom is 0.231 e. The molecule has 2 heterocycles. The summed E-state index contributed by atoms with van der Waals surface area (Å²) < 4.78 is 10.7. The van der Waals surface area contributed by atoms with E-state index in [1.165, 1.54) is 18.3 Å². The molecule has 0 radical (unpaired) electrons. The van der Waals surface area contributed by atoms with Crippen molar-refractivity contribution in [1.29, 1.82) is 0 Å². The lowest BCUT2D eigenvalue weighted by Gasteiger charge is -2.24. The van der Waals surface area contributed by atoms with Crippen LogP contribution in [0.15, 0.2) is 35.7 Å². The Kier molecular flexibility index (Phi) is 5.78. The number of ether oxygens (including phenoxy) is 2. The molecule has 1 atom stereocenters. The molecule has 138 valence electrons. The molecule has 0 fully saturated rings. The van der Waals surface area contributed by atoms with Crippen LogP contribution in [0.4, 0.5) is 0 Å². The summed E-state index contributed by atoms with van der Waals surface area (Å²) in [5.41, 5.74) is 0.983. The molecule has 7 heteroatoms. The molecule has 1 aromatic heterocycles. The summed E-state index contributed by atoms with van der Waals surface area (Å²) in [5, 5.41) is 4.82. The molecule has 2 aromatic rings. The van der Waals surface area contributed by atoms with Crippen LogP contribution in [0, 0.1) is 0 Å². The SMILES string of the molecule is CCN(Cc1ccc2c(c1)OCO2)C(=O)CC(NC(C)=O)c1cccs1. The molecule has 0 bridgehead atoms. The van der Waals surface area contributed by atoms with E-state index in [-0.39, 0.29) is 31.1 Å². The number of carbonyl (C=O) groups is 2. The van der Waals surface area contributed by atoms with Crippen molar-refractivity contribution in [3.63, 3.8) is 0 Å². The quantitative estimate of drug-likeness (QED) is 0.809. The van der Waals surface area contributed by atoms with Gasteiger partial charge in [0.05, 0.1) is 12.5 Å². The molecular weight excluding hydrogens is 352 g/mol. The number of fused-ring (bicyclic) bond motifs is 1. The van der Waals surface area contributed by atoms with Crippen molar-refractivity contribution in [3.8, 4) is 11.5 Å². The van der Waals surface area contributed by atoms with E-state index < -0.39 is 0 Å². The molecule has 1 aromatic carbocycles. The fraction of sp³-hybridized carbons (Fsp3) is 0.368. The average Bonchev–Trinajstić information content (AvgIpc) is 3.29. The first-order chi connectivity index (χ1) is 12.6. The highest BCUT2D eigenvalue weighted by Crippen LogP contribution is 2.33. The molecule has 0 spiro atoms. The van der Waals surface area contributed by atoms with E-state index in [9.17, 15) is 9.59 Å². The molecule has 1 unspecified atom stereocenters. The molecule has 0 saturated carbocycles. The molecule has 6 nitrogen and oxygen atoms in total. The first-order valence-corrected chi connectivity index (χ1v) is 9.41. The Balaban J connectivity index is 1.68. The van der Waals surface area contributed by atoms with Crippen molar-refractivity contribution >= 4 is 23.2 Å². The maximum atomic E-state index is 12.8. The lowest BCUT2D eigenvalue weighted by molar-refractivity contribution is -0.132. The van der Waals surface area contributed by atoms with Gasteiger partial charge in [-0.05, 0) is 36.1 Å². The van der Waals surface area contributed by atoms with Crippen molar-refractivity contribution in [2.75, 3.05) is 13.3 Å². The zero-order chi connectivity index (χ0) is 18.5. The van der Waals surface area contributed by atoms with Gasteiger partial charge >= 0.3 is 0 Å². The Bertz CT molecular complexity index is 776. The number of carbonyl (C=O) groups excluding carboxylic acids is 2. The fourth-order valence-electron chi connectivity index (χ4n) is 2.90. The Morgan fingerprint density at radius 1 is 1.27 bits per heavy atom. The molecule has 0 saturated heterocycles. The van der Waals surface area contributed by atoms with Gasteiger partial charge in [-0.15, -0.1) is 11.3 Å². The maximum absolute atomic E-state index is 12.8. The second-order valence-electron chi connectivity index (χ2n) is 6.07. The highest BCUT2D eigenvalue weighted by Gasteiger charge is 2.22. The second-order valence-corrected chi connectivity index (χ2v) is 7.05. The van der Waals surface area contributed by atoms with Gasteiger partial charge in [-0.3, -0.25) is 9.59 Å². The first kappa shape index (κ1) is 18.3. The highest BCUT2D eigenvalue weighted by molar-refractivity contribution is 7.10. The van der Waals surface area contributed by atoms with Gasteiger partial charge in [0.15, 0.2) is 11.5 Å². The number of thiophene rings is 1. The minimum absolute atomic E-state index is 0.00248. The summed E-state index contributed by atoms with van der Waals surface area (Å²) in [6.45, 7) is 4.72. The van der Waals surface area contributed by atoms with Crippen molar-refractivity contribution in [2.24, 2.45) is 0 Å². The molecule has 2 amide bonds. The summed E-state index contributed by atoms with van der Waals surface area (Å²) in [6.07, 6.45) is 0.235. The van der Waals surface area contributed by atoms with Gasteiger partial charge in [0, 0.05) is 24.9 Å². The fourth-order valence-corrected chi connectivity index (χ4v) is 3.68. The van der Waals surface area contributed by atoms with E-state index in [0.717, 1.165) is 16.2 Å². The summed E-state index contributed by atoms with van der Waals surface area (Å²) in [6, 6.07) is 9.26. The van der Waals surface area contributed by atoms with Crippen molar-refractivity contribution in [2.45, 2.75) is 32.9 Å². The van der Waals surface area contributed by atoms with Gasteiger partial charge < -0.3 is 19.7 Å². The van der Waals surface area contributed by atoms with Gasteiger partial charge in [-0.25, -0.2) is 0 Å². The van der Waals surface area contributed by atoms with E-state index in [1.807, 2.05) is 42.6 Å². The smallest absolute Gasteiger partial charge is 0.231 e. The molecule has 1 N–H and O–H groups in total. The zero-order valence-corrected chi connectivity index (χ0v) is 15.7. The monoisotopic (exact) mass is 374 g/mol. The van der Waals surface area contributed by atoms with Crippen LogP contribution in [0.3, 0.4) is 0 Å². The van der Waals surface area contributed by atoms with E-state index in [1.54, 1.807) is 4.90 Å². The van der Waals surface area contributed by atoms with Gasteiger partial charge in [-0.1, -0.05) is 12.1 Å². The Morgan fingerprint density at radius 3 is 2.77 bits per heavy atom. The van der Waals surface area contributed by atoms with Crippen molar-refractivity contribution in [3.05, 3.63) is 46.2 Å². The molecule has 3 rings (SSSR count). The standard InChI is InChI=1S/C19H22N2O4S/c1-3-21(11-14-6-7-16-17(9-14)25-12-24-16)19(23)10-15(20-13(2)22)18-5-4-8-26-18/h4-9,15H,3,10-12H2,1-2H3,(H,20,22). The number of hydrogen-bond acceptors (Lipinski definition) is 5. The molecular formula is C19H22N2O4S. The summed E-state index contributed by atoms with van der Waals surface area (Å²) in [7, 11) is 0. The van der Waals surface area contributed by atoms with Crippen LogP contribution >= 0.6 is 11.3 Å². The van der Waals surface area contributed by atoms with Crippen LogP contribution in [0.5, 0.6) is 11.5 Å². The number of hydrogen-bond donors (Lipinski definition) is 1. The van der Waals surface area contributed by atoms with Crippen LogP contribution in [0.25, 0.3) is 0 Å². The normalized spacial score (nSPS) is 13.3. The van der Waals surface area contributed by atoms with Crippen molar-refractivity contribution in [1.82, 2.24) is 10.2 Å². The Hall–Kier alpha value is -2.54. The van der Waals surface area contributed by atoms with Gasteiger partial charge in [0.1, 0.15) is 0 Å². The molecule has 26 heavy (non-hydrogen) atoms. The van der Waals surface area contributed by atoms with Gasteiger partial charge in [0.25, 0.3) is 0 Å². The minimum atomic E-state index is -0.300. The molecule has 0 aliphatic carbocycles. The number of benzene rings is 1. The number of nitrogens with one attached hydrogen (secondary N) is 1. The topological polar surface area (TPSA) is 67.9 Å². The van der Waals surface area contributed by atoms with Crippen LogP contribution in [0.1, 0.15) is 36.8 Å². The zero-order valence-electron chi connectivity index (χ0n) is 14.9. The third-order valence-corrected chi connectivity index (χ3v) is 5.17. The van der Waals surface area contributed by atoms with Crippen LogP contribution in [0.2, 0.25) is 0 Å². The number of nitrogens with zero attached hydrogens (tertiary/aromatic N) is 1. The third kappa shape index (κ3) is 4.35. The highest BCUT2D eigenvalue weighted by atomic mass is 32.1. The summed E-state index contributed by atoms with van der Waals surface area (Å²) in [5.74, 6) is 1.29. The minimum Gasteiger partial charge on any atom is -0.454 e. The average molecular weight is 374 g/mol. The first-order valence-electron chi connectivity index (χ1n) is 8.53. The Labute approximate surface area is 156 Å². The second kappa shape index (κ2) is 8.23.